The number of hydrogen-bond acceptors (Lipinski definition) is 5. The zero-order valence-electron chi connectivity index (χ0n) is 9.31. The molecule has 5 heteroatoms. The fourth-order valence-corrected chi connectivity index (χ4v) is 2.06. The normalized spacial score (nSPS) is 26.4. The van der Waals surface area contributed by atoms with Gasteiger partial charge in [-0.1, -0.05) is 11.6 Å². The molecular weight excluding hydrogens is 192 g/mol. The van der Waals surface area contributed by atoms with Crippen LogP contribution in [0.5, 0.6) is 0 Å². The first kappa shape index (κ1) is 10.6. The molecule has 0 bridgehead atoms. The average Bonchev–Trinajstić information content (AvgIpc) is 2.72. The second-order valence-electron chi connectivity index (χ2n) is 4.49. The van der Waals surface area contributed by atoms with Gasteiger partial charge >= 0.3 is 0 Å². The first-order valence-electron chi connectivity index (χ1n) is 5.39. The molecule has 2 unspecified atom stereocenters. The maximum Gasteiger partial charge on any atom is 0.231 e. The van der Waals surface area contributed by atoms with Crippen molar-refractivity contribution in [2.24, 2.45) is 5.73 Å². The molecule has 1 aliphatic carbocycles. The highest BCUT2D eigenvalue weighted by molar-refractivity contribution is 5.01. The molecule has 1 saturated carbocycles. The van der Waals surface area contributed by atoms with Crippen LogP contribution in [0.4, 0.5) is 0 Å². The second kappa shape index (κ2) is 4.28. The molecule has 1 aromatic heterocycles. The summed E-state index contributed by atoms with van der Waals surface area (Å²) in [4.78, 5) is 6.40. The fourth-order valence-electron chi connectivity index (χ4n) is 2.06. The Hall–Kier alpha value is -0.940. The van der Waals surface area contributed by atoms with Gasteiger partial charge in [0.05, 0.1) is 12.5 Å². The van der Waals surface area contributed by atoms with Gasteiger partial charge in [-0.25, -0.2) is 0 Å². The Morgan fingerprint density at radius 2 is 2.27 bits per heavy atom. The summed E-state index contributed by atoms with van der Waals surface area (Å²) in [7, 11) is 3.97. The van der Waals surface area contributed by atoms with E-state index in [1.807, 2.05) is 19.0 Å². The summed E-state index contributed by atoms with van der Waals surface area (Å²) in [5.41, 5.74) is 5.98. The molecule has 2 N–H and O–H groups in total. The van der Waals surface area contributed by atoms with Gasteiger partial charge in [0.25, 0.3) is 0 Å². The Morgan fingerprint density at radius 3 is 2.87 bits per heavy atom. The van der Waals surface area contributed by atoms with Crippen molar-refractivity contribution in [3.63, 3.8) is 0 Å². The minimum Gasteiger partial charge on any atom is -0.339 e. The summed E-state index contributed by atoms with van der Waals surface area (Å²) in [6.45, 7) is 0.714. The van der Waals surface area contributed by atoms with E-state index in [0.717, 1.165) is 31.0 Å². The molecule has 1 aliphatic rings. The number of nitrogens with zero attached hydrogens (tertiary/aromatic N) is 3. The lowest BCUT2D eigenvalue weighted by Crippen LogP contribution is -2.23. The number of hydrogen-bond donors (Lipinski definition) is 1. The van der Waals surface area contributed by atoms with Crippen molar-refractivity contribution >= 4 is 0 Å². The monoisotopic (exact) mass is 210 g/mol. The predicted molar refractivity (Wildman–Crippen MR) is 56.3 cm³/mol. The van der Waals surface area contributed by atoms with E-state index in [-0.39, 0.29) is 12.0 Å². The number of rotatable bonds is 3. The van der Waals surface area contributed by atoms with Crippen LogP contribution in [0.1, 0.15) is 36.9 Å². The summed E-state index contributed by atoms with van der Waals surface area (Å²) >= 11 is 0. The van der Waals surface area contributed by atoms with E-state index in [1.165, 1.54) is 0 Å². The van der Waals surface area contributed by atoms with Crippen LogP contribution in [0.15, 0.2) is 4.52 Å². The fraction of sp³-hybridized carbons (Fsp3) is 0.800. The lowest BCUT2D eigenvalue weighted by atomic mass is 10.1. The third-order valence-corrected chi connectivity index (χ3v) is 2.83. The van der Waals surface area contributed by atoms with Crippen LogP contribution >= 0.6 is 0 Å². The van der Waals surface area contributed by atoms with Gasteiger partial charge in [0, 0.05) is 6.04 Å². The minimum atomic E-state index is 0.192. The first-order valence-corrected chi connectivity index (χ1v) is 5.39. The third kappa shape index (κ3) is 2.35. The molecule has 1 aromatic rings. The summed E-state index contributed by atoms with van der Waals surface area (Å²) in [5, 5.41) is 3.95. The summed E-state index contributed by atoms with van der Waals surface area (Å²) in [5.74, 6) is 1.74. The maximum absolute atomic E-state index is 5.98. The van der Waals surface area contributed by atoms with Gasteiger partial charge in [-0.05, 0) is 26.9 Å². The largest absolute Gasteiger partial charge is 0.339 e. The zero-order valence-corrected chi connectivity index (χ0v) is 9.31. The molecule has 0 radical (unpaired) electrons. The summed E-state index contributed by atoms with van der Waals surface area (Å²) in [6, 6.07) is 0.192. The molecule has 2 atom stereocenters. The number of nitrogens with two attached hydrogens (primary N) is 1. The molecule has 0 spiro atoms. The maximum atomic E-state index is 5.98. The van der Waals surface area contributed by atoms with Gasteiger partial charge in [0.2, 0.25) is 5.89 Å². The van der Waals surface area contributed by atoms with Crippen LogP contribution in [-0.2, 0) is 6.54 Å². The van der Waals surface area contributed by atoms with E-state index in [2.05, 4.69) is 10.1 Å². The predicted octanol–water partition coefficient (Wildman–Crippen LogP) is 0.726. The average molecular weight is 210 g/mol. The van der Waals surface area contributed by atoms with E-state index < -0.39 is 0 Å². The van der Waals surface area contributed by atoms with E-state index >= 15 is 0 Å². The summed E-state index contributed by atoms with van der Waals surface area (Å²) < 4.78 is 5.25. The lowest BCUT2D eigenvalue weighted by Gasteiger charge is -2.09. The van der Waals surface area contributed by atoms with E-state index in [0.29, 0.717) is 6.54 Å². The number of aromatic nitrogens is 2. The molecule has 0 aliphatic heterocycles. The lowest BCUT2D eigenvalue weighted by molar-refractivity contribution is 0.330. The Balaban J connectivity index is 2.06. The van der Waals surface area contributed by atoms with Crippen molar-refractivity contribution < 1.29 is 4.52 Å². The Kier molecular flexibility index (Phi) is 3.02. The SMILES string of the molecule is CN(C)Cc1noc(C2CCCC2N)n1. The Morgan fingerprint density at radius 1 is 1.47 bits per heavy atom. The van der Waals surface area contributed by atoms with E-state index in [9.17, 15) is 0 Å². The van der Waals surface area contributed by atoms with Gasteiger partial charge in [0.1, 0.15) is 0 Å². The third-order valence-electron chi connectivity index (χ3n) is 2.83. The Bertz CT molecular complexity index is 323. The molecule has 2 rings (SSSR count). The zero-order chi connectivity index (χ0) is 10.8. The van der Waals surface area contributed by atoms with Crippen molar-refractivity contribution in [2.75, 3.05) is 14.1 Å². The molecule has 0 saturated heterocycles. The minimum absolute atomic E-state index is 0.192. The van der Waals surface area contributed by atoms with Gasteiger partial charge in [0.15, 0.2) is 5.82 Å². The molecule has 1 fully saturated rings. The molecule has 15 heavy (non-hydrogen) atoms. The van der Waals surface area contributed by atoms with Crippen LogP contribution in [0.3, 0.4) is 0 Å². The smallest absolute Gasteiger partial charge is 0.231 e. The van der Waals surface area contributed by atoms with Crippen LogP contribution in [0.25, 0.3) is 0 Å². The molecule has 0 amide bonds. The van der Waals surface area contributed by atoms with Gasteiger partial charge in [-0.2, -0.15) is 4.98 Å². The first-order chi connectivity index (χ1) is 7.16. The Labute approximate surface area is 89.6 Å². The van der Waals surface area contributed by atoms with Crippen molar-refractivity contribution in [1.29, 1.82) is 0 Å². The highest BCUT2D eigenvalue weighted by Crippen LogP contribution is 2.32. The highest BCUT2D eigenvalue weighted by atomic mass is 16.5. The second-order valence-corrected chi connectivity index (χ2v) is 4.49. The van der Waals surface area contributed by atoms with Crippen molar-refractivity contribution in [1.82, 2.24) is 15.0 Å². The van der Waals surface area contributed by atoms with E-state index in [1.54, 1.807) is 0 Å². The highest BCUT2D eigenvalue weighted by Gasteiger charge is 2.30. The van der Waals surface area contributed by atoms with Crippen LogP contribution in [-0.4, -0.2) is 35.2 Å². The molecule has 1 heterocycles. The van der Waals surface area contributed by atoms with E-state index in [4.69, 9.17) is 10.3 Å². The van der Waals surface area contributed by atoms with Gasteiger partial charge < -0.3 is 15.2 Å². The molecule has 0 aromatic carbocycles. The van der Waals surface area contributed by atoms with Crippen molar-refractivity contribution in [3.05, 3.63) is 11.7 Å². The van der Waals surface area contributed by atoms with Crippen LogP contribution in [0.2, 0.25) is 0 Å². The van der Waals surface area contributed by atoms with Gasteiger partial charge in [-0.15, -0.1) is 0 Å². The summed E-state index contributed by atoms with van der Waals surface area (Å²) in [6.07, 6.45) is 3.30. The standard InChI is InChI=1S/C10H18N4O/c1-14(2)6-9-12-10(15-13-9)7-4-3-5-8(7)11/h7-8H,3-6,11H2,1-2H3. The van der Waals surface area contributed by atoms with Crippen LogP contribution in [0, 0.1) is 0 Å². The van der Waals surface area contributed by atoms with Crippen molar-refractivity contribution in [2.45, 2.75) is 37.8 Å². The van der Waals surface area contributed by atoms with Crippen LogP contribution < -0.4 is 5.73 Å². The van der Waals surface area contributed by atoms with Gasteiger partial charge in [-0.3, -0.25) is 0 Å². The molecule has 84 valence electrons. The molecule has 5 nitrogen and oxygen atoms in total. The molecular formula is C10H18N4O. The topological polar surface area (TPSA) is 68.2 Å². The van der Waals surface area contributed by atoms with Crippen molar-refractivity contribution in [3.8, 4) is 0 Å². The quantitative estimate of drug-likeness (QED) is 0.796.